The van der Waals surface area contributed by atoms with E-state index in [2.05, 4.69) is 5.32 Å². The number of carbonyl (C=O) groups is 1. The van der Waals surface area contributed by atoms with Gasteiger partial charge in [0.05, 0.1) is 10.9 Å². The Labute approximate surface area is 98.6 Å². The fourth-order valence-corrected chi connectivity index (χ4v) is 1.15. The quantitative estimate of drug-likeness (QED) is 0.799. The lowest BCUT2D eigenvalue weighted by molar-refractivity contribution is -0.117. The zero-order valence-corrected chi connectivity index (χ0v) is 9.73. The first kappa shape index (κ1) is 11.9. The van der Waals surface area contributed by atoms with Crippen LogP contribution in [-0.2, 0) is 4.79 Å². The lowest BCUT2D eigenvalue weighted by Crippen LogP contribution is -2.30. The van der Waals surface area contributed by atoms with Gasteiger partial charge in [-0.05, 0) is 31.2 Å². The zero-order chi connectivity index (χ0) is 11.4. The van der Waals surface area contributed by atoms with Crippen molar-refractivity contribution in [3.05, 3.63) is 29.3 Å². The van der Waals surface area contributed by atoms with Crippen LogP contribution in [0.1, 0.15) is 6.92 Å². The Hall–Kier alpha value is -1.13. The Morgan fingerprint density at radius 1 is 1.47 bits per heavy atom. The van der Waals surface area contributed by atoms with E-state index in [0.717, 1.165) is 0 Å². The molecule has 0 bridgehead atoms. The monoisotopic (exact) mass is 242 g/mol. The molecule has 0 radical (unpaired) electrons. The topological polar surface area (TPSA) is 55.1 Å². The van der Waals surface area contributed by atoms with Gasteiger partial charge in [-0.25, -0.2) is 0 Å². The Bertz CT molecular complexity index is 378. The molecule has 1 atom stereocenters. The number of nitrogens with one attached hydrogen (secondary N) is 1. The number of rotatable bonds is 3. The maximum Gasteiger partial charge on any atom is 0.234 e. The van der Waals surface area contributed by atoms with Crippen molar-refractivity contribution in [3.8, 4) is 0 Å². The molecule has 1 unspecified atom stereocenters. The molecule has 1 rings (SSSR count). The molecular formula is C10H11ClN2OS. The van der Waals surface area contributed by atoms with Crippen molar-refractivity contribution in [1.82, 2.24) is 0 Å². The van der Waals surface area contributed by atoms with Crippen LogP contribution < -0.4 is 11.1 Å². The van der Waals surface area contributed by atoms with E-state index in [-0.39, 0.29) is 10.9 Å². The minimum Gasteiger partial charge on any atom is -0.393 e. The van der Waals surface area contributed by atoms with E-state index in [1.165, 1.54) is 0 Å². The molecule has 0 aliphatic heterocycles. The Morgan fingerprint density at radius 2 is 2.00 bits per heavy atom. The molecule has 0 saturated carbocycles. The molecule has 3 nitrogen and oxygen atoms in total. The van der Waals surface area contributed by atoms with Crippen LogP contribution in [0.4, 0.5) is 5.69 Å². The van der Waals surface area contributed by atoms with Crippen LogP contribution in [0.3, 0.4) is 0 Å². The van der Waals surface area contributed by atoms with E-state index >= 15 is 0 Å². The Kier molecular flexibility index (Phi) is 4.05. The summed E-state index contributed by atoms with van der Waals surface area (Å²) in [4.78, 5) is 11.7. The van der Waals surface area contributed by atoms with Crippen molar-refractivity contribution in [1.29, 1.82) is 0 Å². The standard InChI is InChI=1S/C10H11ClN2OS/c1-6(9(12)15)10(14)13-8-4-2-7(11)3-5-8/h2-6H,1H3,(H2,12,15)(H,13,14). The van der Waals surface area contributed by atoms with Gasteiger partial charge in [0.25, 0.3) is 0 Å². The molecule has 0 aliphatic rings. The lowest BCUT2D eigenvalue weighted by atomic mass is 10.1. The second-order valence-electron chi connectivity index (χ2n) is 3.12. The number of hydrogen-bond acceptors (Lipinski definition) is 2. The van der Waals surface area contributed by atoms with Gasteiger partial charge in [-0.15, -0.1) is 0 Å². The fraction of sp³-hybridized carbons (Fsp3) is 0.200. The predicted molar refractivity (Wildman–Crippen MR) is 66.0 cm³/mol. The molecule has 0 heterocycles. The summed E-state index contributed by atoms with van der Waals surface area (Å²) < 4.78 is 0. The Morgan fingerprint density at radius 3 is 2.47 bits per heavy atom. The second kappa shape index (κ2) is 5.09. The number of thiocarbonyl (C=S) groups is 1. The molecule has 0 aromatic heterocycles. The number of hydrogen-bond donors (Lipinski definition) is 2. The number of benzene rings is 1. The average molecular weight is 243 g/mol. The highest BCUT2D eigenvalue weighted by Gasteiger charge is 2.15. The first-order chi connectivity index (χ1) is 7.00. The number of halogens is 1. The minimum absolute atomic E-state index is 0.182. The normalized spacial score (nSPS) is 11.9. The lowest BCUT2D eigenvalue weighted by Gasteiger charge is -2.10. The summed E-state index contributed by atoms with van der Waals surface area (Å²) in [6.45, 7) is 1.66. The van der Waals surface area contributed by atoms with Gasteiger partial charge in [-0.3, -0.25) is 4.79 Å². The highest BCUT2D eigenvalue weighted by atomic mass is 35.5. The highest BCUT2D eigenvalue weighted by Crippen LogP contribution is 2.14. The smallest absolute Gasteiger partial charge is 0.234 e. The van der Waals surface area contributed by atoms with Crippen LogP contribution in [-0.4, -0.2) is 10.9 Å². The molecule has 0 fully saturated rings. The van der Waals surface area contributed by atoms with Gasteiger partial charge in [-0.2, -0.15) is 0 Å². The maximum atomic E-state index is 11.5. The largest absolute Gasteiger partial charge is 0.393 e. The predicted octanol–water partition coefficient (Wildman–Crippen LogP) is 2.20. The van der Waals surface area contributed by atoms with Crippen LogP contribution in [0.15, 0.2) is 24.3 Å². The van der Waals surface area contributed by atoms with Crippen molar-refractivity contribution in [2.24, 2.45) is 11.7 Å². The molecule has 0 aliphatic carbocycles. The van der Waals surface area contributed by atoms with Gasteiger partial charge >= 0.3 is 0 Å². The molecule has 0 spiro atoms. The van der Waals surface area contributed by atoms with Crippen LogP contribution in [0.25, 0.3) is 0 Å². The first-order valence-corrected chi connectivity index (χ1v) is 5.15. The molecule has 1 amide bonds. The van der Waals surface area contributed by atoms with E-state index in [0.29, 0.717) is 10.7 Å². The van der Waals surface area contributed by atoms with Gasteiger partial charge in [0, 0.05) is 10.7 Å². The van der Waals surface area contributed by atoms with Crippen LogP contribution >= 0.6 is 23.8 Å². The third-order valence-corrected chi connectivity index (χ3v) is 2.54. The summed E-state index contributed by atoms with van der Waals surface area (Å²) in [5, 5.41) is 3.31. The number of anilines is 1. The van der Waals surface area contributed by atoms with E-state index in [1.807, 2.05) is 0 Å². The summed E-state index contributed by atoms with van der Waals surface area (Å²) in [6.07, 6.45) is 0. The SMILES string of the molecule is CC(C(=O)Nc1ccc(Cl)cc1)C(N)=S. The number of amides is 1. The zero-order valence-electron chi connectivity index (χ0n) is 8.16. The molecular weight excluding hydrogens is 232 g/mol. The van der Waals surface area contributed by atoms with Gasteiger partial charge in [0.15, 0.2) is 0 Å². The van der Waals surface area contributed by atoms with Crippen molar-refractivity contribution in [2.45, 2.75) is 6.92 Å². The van der Waals surface area contributed by atoms with Crippen molar-refractivity contribution < 1.29 is 4.79 Å². The van der Waals surface area contributed by atoms with E-state index < -0.39 is 5.92 Å². The maximum absolute atomic E-state index is 11.5. The van der Waals surface area contributed by atoms with E-state index in [4.69, 9.17) is 29.6 Å². The van der Waals surface area contributed by atoms with Crippen LogP contribution in [0, 0.1) is 5.92 Å². The fourth-order valence-electron chi connectivity index (χ4n) is 0.913. The number of nitrogens with two attached hydrogens (primary N) is 1. The third-order valence-electron chi connectivity index (χ3n) is 1.93. The molecule has 3 N–H and O–H groups in total. The van der Waals surface area contributed by atoms with Crippen molar-refractivity contribution in [3.63, 3.8) is 0 Å². The van der Waals surface area contributed by atoms with Crippen LogP contribution in [0.2, 0.25) is 5.02 Å². The molecule has 80 valence electrons. The van der Waals surface area contributed by atoms with Crippen molar-refractivity contribution in [2.75, 3.05) is 5.32 Å². The number of carbonyl (C=O) groups excluding carboxylic acids is 1. The second-order valence-corrected chi connectivity index (χ2v) is 4.03. The molecule has 1 aromatic rings. The van der Waals surface area contributed by atoms with Gasteiger partial charge < -0.3 is 11.1 Å². The summed E-state index contributed by atoms with van der Waals surface area (Å²) in [5.74, 6) is -0.694. The Balaban J connectivity index is 2.66. The van der Waals surface area contributed by atoms with E-state index in [9.17, 15) is 4.79 Å². The summed E-state index contributed by atoms with van der Waals surface area (Å²) in [6, 6.07) is 6.82. The first-order valence-electron chi connectivity index (χ1n) is 4.36. The van der Waals surface area contributed by atoms with Gasteiger partial charge in [0.2, 0.25) is 5.91 Å². The molecule has 0 saturated heterocycles. The third kappa shape index (κ3) is 3.49. The summed E-state index contributed by atoms with van der Waals surface area (Å²) in [5.41, 5.74) is 6.04. The summed E-state index contributed by atoms with van der Waals surface area (Å²) >= 11 is 10.4. The van der Waals surface area contributed by atoms with E-state index in [1.54, 1.807) is 31.2 Å². The molecule has 5 heteroatoms. The molecule has 15 heavy (non-hydrogen) atoms. The highest BCUT2D eigenvalue weighted by molar-refractivity contribution is 7.80. The minimum atomic E-state index is -0.476. The average Bonchev–Trinajstić information content (AvgIpc) is 2.20. The molecule has 1 aromatic carbocycles. The van der Waals surface area contributed by atoms with Crippen LogP contribution in [0.5, 0.6) is 0 Å². The van der Waals surface area contributed by atoms with Crippen molar-refractivity contribution >= 4 is 40.4 Å². The van der Waals surface area contributed by atoms with Gasteiger partial charge in [-0.1, -0.05) is 23.8 Å². The summed E-state index contributed by atoms with van der Waals surface area (Å²) in [7, 11) is 0. The van der Waals surface area contributed by atoms with Gasteiger partial charge in [0.1, 0.15) is 0 Å².